The molecule has 0 amide bonds. The molecule has 1 aliphatic rings. The molecule has 0 aromatic rings. The zero-order chi connectivity index (χ0) is 5.33. The maximum atomic E-state index is 4.23. The zero-order valence-corrected chi connectivity index (χ0v) is 5.07. The minimum Gasteiger partial charge on any atom is -0.660 e. The maximum Gasteiger partial charge on any atom is -0.0556 e. The van der Waals surface area contributed by atoms with E-state index in [9.17, 15) is 0 Å². The van der Waals surface area contributed by atoms with Gasteiger partial charge in [0.15, 0.2) is 0 Å². The van der Waals surface area contributed by atoms with Crippen LogP contribution in [0.25, 0.3) is 5.32 Å². The Morgan fingerprint density at radius 1 is 1.43 bits per heavy atom. The Morgan fingerprint density at radius 3 is 2.00 bits per heavy atom. The molecule has 7 heavy (non-hydrogen) atoms. The molecule has 0 radical (unpaired) electrons. The molecule has 0 bridgehead atoms. The fourth-order valence-corrected chi connectivity index (χ4v) is 0.912. The molecule has 0 aromatic heterocycles. The Balaban J connectivity index is 2.29. The Kier molecular flexibility index (Phi) is 1.08. The summed E-state index contributed by atoms with van der Waals surface area (Å²) in [4.78, 5) is 0. The summed E-state index contributed by atoms with van der Waals surface area (Å²) < 4.78 is 0. The predicted molar refractivity (Wildman–Crippen MR) is 31.5 cm³/mol. The van der Waals surface area contributed by atoms with E-state index in [4.69, 9.17) is 0 Å². The minimum absolute atomic E-state index is 0.389. The molecular weight excluding hydrogens is 86.1 g/mol. The average molecular weight is 98.2 g/mol. The summed E-state index contributed by atoms with van der Waals surface area (Å²) in [6.45, 7) is 2.22. The van der Waals surface area contributed by atoms with Gasteiger partial charge in [0.05, 0.1) is 0 Å². The molecule has 0 spiro atoms. The van der Waals surface area contributed by atoms with Gasteiger partial charge in [0.2, 0.25) is 0 Å². The number of nitrogens with zero attached hydrogens (tertiary/aromatic N) is 1. The highest BCUT2D eigenvalue weighted by Gasteiger charge is 2.19. The van der Waals surface area contributed by atoms with E-state index in [2.05, 4.69) is 12.2 Å². The second-order valence-corrected chi connectivity index (χ2v) is 2.57. The van der Waals surface area contributed by atoms with Crippen LogP contribution in [-0.4, -0.2) is 12.6 Å². The summed E-state index contributed by atoms with van der Waals surface area (Å²) >= 11 is 0. The van der Waals surface area contributed by atoms with Gasteiger partial charge in [0.25, 0.3) is 0 Å². The van der Waals surface area contributed by atoms with Crippen molar-refractivity contribution in [3.8, 4) is 0 Å². The van der Waals surface area contributed by atoms with E-state index in [1.165, 1.54) is 19.3 Å². The molecule has 0 unspecified atom stereocenters. The van der Waals surface area contributed by atoms with Crippen LogP contribution in [0.4, 0.5) is 0 Å². The van der Waals surface area contributed by atoms with Crippen LogP contribution in [0.1, 0.15) is 26.2 Å². The zero-order valence-electron chi connectivity index (χ0n) is 5.07. The van der Waals surface area contributed by atoms with Crippen molar-refractivity contribution in [2.75, 3.05) is 7.05 Å². The largest absolute Gasteiger partial charge is 0.660 e. The van der Waals surface area contributed by atoms with Crippen LogP contribution in [0.3, 0.4) is 0 Å². The molecular formula is C6H12N-. The van der Waals surface area contributed by atoms with E-state index in [0.29, 0.717) is 5.54 Å². The maximum absolute atomic E-state index is 4.23. The number of hydrogen-bond acceptors (Lipinski definition) is 0. The van der Waals surface area contributed by atoms with E-state index in [1.807, 2.05) is 7.05 Å². The Labute approximate surface area is 45.1 Å². The van der Waals surface area contributed by atoms with Crippen LogP contribution >= 0.6 is 0 Å². The molecule has 1 rings (SSSR count). The van der Waals surface area contributed by atoms with Gasteiger partial charge in [0.1, 0.15) is 0 Å². The SMILES string of the molecule is C[N-]C1(C)CCC1. The number of hydrogen-bond donors (Lipinski definition) is 0. The molecule has 1 heteroatoms. The molecule has 0 aromatic carbocycles. The first-order valence-electron chi connectivity index (χ1n) is 2.88. The van der Waals surface area contributed by atoms with Crippen molar-refractivity contribution < 1.29 is 0 Å². The molecule has 0 N–H and O–H groups in total. The van der Waals surface area contributed by atoms with Gasteiger partial charge in [-0.15, -0.1) is 5.54 Å². The first kappa shape index (κ1) is 5.10. The Morgan fingerprint density at radius 2 is 2.00 bits per heavy atom. The summed E-state index contributed by atoms with van der Waals surface area (Å²) in [7, 11) is 1.92. The van der Waals surface area contributed by atoms with E-state index in [1.54, 1.807) is 0 Å². The second kappa shape index (κ2) is 1.48. The van der Waals surface area contributed by atoms with Crippen molar-refractivity contribution in [3.63, 3.8) is 0 Å². The lowest BCUT2D eigenvalue weighted by atomic mass is 9.79. The molecule has 1 fully saturated rings. The lowest BCUT2D eigenvalue weighted by Crippen LogP contribution is -2.31. The lowest BCUT2D eigenvalue weighted by Gasteiger charge is -2.49. The molecule has 1 aliphatic carbocycles. The van der Waals surface area contributed by atoms with Crippen LogP contribution < -0.4 is 0 Å². The molecule has 0 saturated heterocycles. The van der Waals surface area contributed by atoms with Crippen molar-refractivity contribution >= 4 is 0 Å². The summed E-state index contributed by atoms with van der Waals surface area (Å²) in [5.74, 6) is 0. The lowest BCUT2D eigenvalue weighted by molar-refractivity contribution is 0.319. The third-order valence-electron chi connectivity index (χ3n) is 1.97. The van der Waals surface area contributed by atoms with Gasteiger partial charge in [0, 0.05) is 0 Å². The highest BCUT2D eigenvalue weighted by atomic mass is 14.9. The van der Waals surface area contributed by atoms with Crippen molar-refractivity contribution in [1.82, 2.24) is 0 Å². The third-order valence-corrected chi connectivity index (χ3v) is 1.97. The topological polar surface area (TPSA) is 14.1 Å². The van der Waals surface area contributed by atoms with Gasteiger partial charge >= 0.3 is 0 Å². The third kappa shape index (κ3) is 0.778. The Hall–Kier alpha value is -0.0400. The van der Waals surface area contributed by atoms with Crippen LogP contribution in [0.15, 0.2) is 0 Å². The normalized spacial score (nSPS) is 26.6. The van der Waals surface area contributed by atoms with Crippen molar-refractivity contribution in [2.24, 2.45) is 0 Å². The molecule has 1 saturated carbocycles. The van der Waals surface area contributed by atoms with Crippen molar-refractivity contribution in [1.29, 1.82) is 0 Å². The van der Waals surface area contributed by atoms with Crippen molar-refractivity contribution in [2.45, 2.75) is 31.7 Å². The van der Waals surface area contributed by atoms with Gasteiger partial charge in [-0.3, -0.25) is 0 Å². The first-order chi connectivity index (χ1) is 3.27. The minimum atomic E-state index is 0.389. The fraction of sp³-hybridized carbons (Fsp3) is 1.00. The van der Waals surface area contributed by atoms with E-state index >= 15 is 0 Å². The first-order valence-corrected chi connectivity index (χ1v) is 2.88. The molecule has 0 atom stereocenters. The van der Waals surface area contributed by atoms with Crippen molar-refractivity contribution in [3.05, 3.63) is 5.32 Å². The number of rotatable bonds is 1. The molecule has 0 aliphatic heterocycles. The smallest absolute Gasteiger partial charge is 0.0556 e. The molecule has 0 heterocycles. The highest BCUT2D eigenvalue weighted by molar-refractivity contribution is 5.05. The summed E-state index contributed by atoms with van der Waals surface area (Å²) in [6.07, 6.45) is 4.00. The van der Waals surface area contributed by atoms with Crippen LogP contribution in [0.5, 0.6) is 0 Å². The predicted octanol–water partition coefficient (Wildman–Crippen LogP) is 1.93. The van der Waals surface area contributed by atoms with Gasteiger partial charge < -0.3 is 5.32 Å². The highest BCUT2D eigenvalue weighted by Crippen LogP contribution is 2.36. The molecule has 42 valence electrons. The van der Waals surface area contributed by atoms with Gasteiger partial charge in [-0.25, -0.2) is 0 Å². The Bertz CT molecular complexity index is 59.1. The quantitative estimate of drug-likeness (QED) is 0.476. The summed E-state index contributed by atoms with van der Waals surface area (Å²) in [5, 5.41) is 4.23. The van der Waals surface area contributed by atoms with Crippen LogP contribution in [0, 0.1) is 0 Å². The van der Waals surface area contributed by atoms with Gasteiger partial charge in [-0.05, 0) is 0 Å². The molecule has 1 nitrogen and oxygen atoms in total. The van der Waals surface area contributed by atoms with E-state index in [0.717, 1.165) is 0 Å². The second-order valence-electron chi connectivity index (χ2n) is 2.57. The van der Waals surface area contributed by atoms with Crippen LogP contribution in [0.2, 0.25) is 0 Å². The van der Waals surface area contributed by atoms with Gasteiger partial charge in [-0.1, -0.05) is 26.2 Å². The van der Waals surface area contributed by atoms with E-state index < -0.39 is 0 Å². The fourth-order valence-electron chi connectivity index (χ4n) is 0.912. The van der Waals surface area contributed by atoms with Crippen LogP contribution in [-0.2, 0) is 0 Å². The monoisotopic (exact) mass is 98.1 g/mol. The average Bonchev–Trinajstić information content (AvgIpc) is 1.61. The summed E-state index contributed by atoms with van der Waals surface area (Å²) in [5.41, 5.74) is 0.389. The van der Waals surface area contributed by atoms with Gasteiger partial charge in [-0.2, -0.15) is 7.05 Å². The summed E-state index contributed by atoms with van der Waals surface area (Å²) in [6, 6.07) is 0. The van der Waals surface area contributed by atoms with E-state index in [-0.39, 0.29) is 0 Å². The standard InChI is InChI=1S/C6H12N/c1-6(7-2)4-3-5-6/h3-5H2,1-2H3/q-1.